The first-order valence-corrected chi connectivity index (χ1v) is 8.70. The van der Waals surface area contributed by atoms with Crippen molar-refractivity contribution in [3.8, 4) is 0 Å². The molecule has 0 heterocycles. The van der Waals surface area contributed by atoms with Crippen LogP contribution in [0.15, 0.2) is 11.6 Å². The van der Waals surface area contributed by atoms with Crippen LogP contribution in [0.1, 0.15) is 79.1 Å². The second kappa shape index (κ2) is 4.64. The van der Waals surface area contributed by atoms with E-state index < -0.39 is 0 Å². The molecule has 0 aromatic carbocycles. The highest BCUT2D eigenvalue weighted by atomic mass is 14.7. The smallest absolute Gasteiger partial charge is 0.0198 e. The molecule has 108 valence electrons. The molecule has 3 aliphatic carbocycles. The summed E-state index contributed by atoms with van der Waals surface area (Å²) in [5.41, 5.74) is 3.22. The van der Waals surface area contributed by atoms with E-state index in [0.29, 0.717) is 5.41 Å². The number of allylic oxidation sites excluding steroid dienone is 2. The largest absolute Gasteiger partial charge is 0.0884 e. The molecule has 0 amide bonds. The Morgan fingerprint density at radius 2 is 2.05 bits per heavy atom. The summed E-state index contributed by atoms with van der Waals surface area (Å²) in [4.78, 5) is 0. The Morgan fingerprint density at radius 1 is 1.26 bits per heavy atom. The van der Waals surface area contributed by atoms with Crippen molar-refractivity contribution in [3.63, 3.8) is 0 Å². The highest BCUT2D eigenvalue weighted by Crippen LogP contribution is 2.73. The van der Waals surface area contributed by atoms with Gasteiger partial charge in [0.25, 0.3) is 0 Å². The zero-order valence-electron chi connectivity index (χ0n) is 13.5. The van der Waals surface area contributed by atoms with E-state index in [1.165, 1.54) is 38.5 Å². The van der Waals surface area contributed by atoms with Crippen molar-refractivity contribution in [1.29, 1.82) is 0 Å². The van der Waals surface area contributed by atoms with E-state index in [1.807, 2.05) is 0 Å². The van der Waals surface area contributed by atoms with Gasteiger partial charge in [0.05, 0.1) is 0 Å². The fourth-order valence-corrected chi connectivity index (χ4v) is 6.41. The summed E-state index contributed by atoms with van der Waals surface area (Å²) >= 11 is 0. The van der Waals surface area contributed by atoms with Crippen molar-refractivity contribution in [1.82, 2.24) is 0 Å². The van der Waals surface area contributed by atoms with Gasteiger partial charge in [0, 0.05) is 0 Å². The molecular weight excluding hydrogens is 228 g/mol. The summed E-state index contributed by atoms with van der Waals surface area (Å²) in [6, 6.07) is 0. The first-order chi connectivity index (χ1) is 9.06. The molecule has 0 aromatic rings. The van der Waals surface area contributed by atoms with Crippen LogP contribution < -0.4 is 0 Å². The van der Waals surface area contributed by atoms with Gasteiger partial charge in [0.1, 0.15) is 0 Å². The maximum absolute atomic E-state index is 2.46. The summed E-state index contributed by atoms with van der Waals surface area (Å²) in [5, 5.41) is 0. The van der Waals surface area contributed by atoms with Gasteiger partial charge >= 0.3 is 0 Å². The lowest BCUT2D eigenvalue weighted by atomic mass is 9.61. The molecule has 3 aliphatic rings. The molecule has 0 N–H and O–H groups in total. The molecule has 2 bridgehead atoms. The fourth-order valence-electron chi connectivity index (χ4n) is 6.41. The summed E-state index contributed by atoms with van der Waals surface area (Å²) in [5.74, 6) is 2.98. The van der Waals surface area contributed by atoms with Gasteiger partial charge in [0.2, 0.25) is 0 Å². The zero-order chi connectivity index (χ0) is 13.7. The van der Waals surface area contributed by atoms with Crippen LogP contribution in [0.3, 0.4) is 0 Å². The van der Waals surface area contributed by atoms with Crippen LogP contribution in [0.25, 0.3) is 0 Å². The molecular formula is C19H32. The zero-order valence-corrected chi connectivity index (χ0v) is 13.5. The standard InChI is InChI=1S/C19H32/c1-5-8-18-10-15(6-2)11-19(18)9-7-17(14(3)4)16(12-18)13-19/h6,14,16-17H,5,7-13H2,1-4H3. The third kappa shape index (κ3) is 1.85. The number of fused-ring (bicyclic) bond motifs is 1. The maximum Gasteiger partial charge on any atom is -0.0198 e. The predicted molar refractivity (Wildman–Crippen MR) is 83.1 cm³/mol. The normalized spacial score (nSPS) is 47.1. The Morgan fingerprint density at radius 3 is 2.68 bits per heavy atom. The predicted octanol–water partition coefficient (Wildman–Crippen LogP) is 5.98. The molecule has 4 unspecified atom stereocenters. The molecule has 3 saturated carbocycles. The van der Waals surface area contributed by atoms with Crippen LogP contribution in [0.2, 0.25) is 0 Å². The van der Waals surface area contributed by atoms with Gasteiger partial charge in [-0.2, -0.15) is 0 Å². The van der Waals surface area contributed by atoms with Gasteiger partial charge in [-0.3, -0.25) is 0 Å². The lowest BCUT2D eigenvalue weighted by Gasteiger charge is -2.43. The van der Waals surface area contributed by atoms with Crippen LogP contribution in [0, 0.1) is 28.6 Å². The molecule has 0 aromatic heterocycles. The Balaban J connectivity index is 1.92. The minimum atomic E-state index is 0.706. The van der Waals surface area contributed by atoms with Crippen molar-refractivity contribution in [2.24, 2.45) is 28.6 Å². The van der Waals surface area contributed by atoms with E-state index in [9.17, 15) is 0 Å². The van der Waals surface area contributed by atoms with Gasteiger partial charge < -0.3 is 0 Å². The van der Waals surface area contributed by atoms with Crippen molar-refractivity contribution in [2.45, 2.75) is 79.1 Å². The van der Waals surface area contributed by atoms with Gasteiger partial charge in [-0.05, 0) is 80.5 Å². The summed E-state index contributed by atoms with van der Waals surface area (Å²) in [6.45, 7) is 9.59. The van der Waals surface area contributed by atoms with Gasteiger partial charge in [-0.1, -0.05) is 38.8 Å². The lowest BCUT2D eigenvalue weighted by Crippen LogP contribution is -2.34. The van der Waals surface area contributed by atoms with Gasteiger partial charge in [-0.25, -0.2) is 0 Å². The van der Waals surface area contributed by atoms with Crippen LogP contribution in [0.4, 0.5) is 0 Å². The van der Waals surface area contributed by atoms with Crippen LogP contribution in [-0.2, 0) is 0 Å². The molecule has 3 fully saturated rings. The Labute approximate surface area is 120 Å². The summed E-state index contributed by atoms with van der Waals surface area (Å²) in [7, 11) is 0. The van der Waals surface area contributed by atoms with Crippen molar-refractivity contribution < 1.29 is 0 Å². The second-order valence-corrected chi connectivity index (χ2v) is 8.23. The van der Waals surface area contributed by atoms with Crippen molar-refractivity contribution in [3.05, 3.63) is 11.6 Å². The monoisotopic (exact) mass is 260 g/mol. The minimum absolute atomic E-state index is 0.706. The molecule has 0 aliphatic heterocycles. The fraction of sp³-hybridized carbons (Fsp3) is 0.895. The quantitative estimate of drug-likeness (QED) is 0.548. The summed E-state index contributed by atoms with van der Waals surface area (Å²) in [6.07, 6.45) is 14.4. The van der Waals surface area contributed by atoms with E-state index >= 15 is 0 Å². The van der Waals surface area contributed by atoms with Crippen molar-refractivity contribution >= 4 is 0 Å². The molecule has 1 spiro atoms. The molecule has 0 saturated heterocycles. The van der Waals surface area contributed by atoms with Crippen molar-refractivity contribution in [2.75, 3.05) is 0 Å². The minimum Gasteiger partial charge on any atom is -0.0884 e. The Kier molecular flexibility index (Phi) is 3.35. The Bertz CT molecular complexity index is 377. The number of hydrogen-bond acceptors (Lipinski definition) is 0. The van der Waals surface area contributed by atoms with E-state index in [0.717, 1.165) is 23.2 Å². The Hall–Kier alpha value is -0.260. The van der Waals surface area contributed by atoms with Gasteiger partial charge in [0.15, 0.2) is 0 Å². The molecule has 0 heteroatoms. The summed E-state index contributed by atoms with van der Waals surface area (Å²) < 4.78 is 0. The van der Waals surface area contributed by atoms with E-state index in [-0.39, 0.29) is 0 Å². The average Bonchev–Trinajstić information content (AvgIpc) is 2.74. The number of hydrogen-bond donors (Lipinski definition) is 0. The van der Waals surface area contributed by atoms with Crippen LogP contribution in [0.5, 0.6) is 0 Å². The molecule has 0 nitrogen and oxygen atoms in total. The molecule has 3 rings (SSSR count). The van der Waals surface area contributed by atoms with E-state index in [1.54, 1.807) is 18.4 Å². The maximum atomic E-state index is 2.46. The molecule has 19 heavy (non-hydrogen) atoms. The molecule has 0 radical (unpaired) electrons. The third-order valence-corrected chi connectivity index (χ3v) is 7.12. The highest BCUT2D eigenvalue weighted by molar-refractivity contribution is 5.25. The first-order valence-electron chi connectivity index (χ1n) is 8.70. The topological polar surface area (TPSA) is 0 Å². The van der Waals surface area contributed by atoms with E-state index in [2.05, 4.69) is 33.8 Å². The van der Waals surface area contributed by atoms with Crippen LogP contribution in [-0.4, -0.2) is 0 Å². The highest BCUT2D eigenvalue weighted by Gasteiger charge is 2.63. The van der Waals surface area contributed by atoms with E-state index in [4.69, 9.17) is 0 Å². The molecule has 4 atom stereocenters. The number of rotatable bonds is 3. The first kappa shape index (κ1) is 13.7. The van der Waals surface area contributed by atoms with Gasteiger partial charge in [-0.15, -0.1) is 0 Å². The van der Waals surface area contributed by atoms with Crippen LogP contribution >= 0.6 is 0 Å². The second-order valence-electron chi connectivity index (χ2n) is 8.23. The lowest BCUT2D eigenvalue weighted by molar-refractivity contribution is 0.0653. The SMILES string of the molecule is CC=C1CC2(CCC)CC3CC2(CCC3C(C)C)C1. The third-order valence-electron chi connectivity index (χ3n) is 7.12. The average molecular weight is 260 g/mol.